The highest BCUT2D eigenvalue weighted by molar-refractivity contribution is 7.89. The molecule has 0 aliphatic carbocycles. The molecule has 0 bridgehead atoms. The molecule has 0 saturated heterocycles. The van der Waals surface area contributed by atoms with Crippen molar-refractivity contribution in [2.75, 3.05) is 0 Å². The van der Waals surface area contributed by atoms with E-state index in [1.54, 1.807) is 6.92 Å². The number of benzene rings is 1. The van der Waals surface area contributed by atoms with Gasteiger partial charge in [-0.15, -0.1) is 0 Å². The molecule has 2 N–H and O–H groups in total. The third-order valence-electron chi connectivity index (χ3n) is 2.38. The molecule has 0 fully saturated rings. The quantitative estimate of drug-likeness (QED) is 0.832. The maximum Gasteiger partial charge on any atom is 0.304 e. The maximum absolute atomic E-state index is 13.0. The number of rotatable bonds is 6. The minimum Gasteiger partial charge on any atom is -0.481 e. The van der Waals surface area contributed by atoms with E-state index in [-0.39, 0.29) is 6.42 Å². The third-order valence-corrected chi connectivity index (χ3v) is 3.88. The molecule has 0 aromatic heterocycles. The van der Waals surface area contributed by atoms with Crippen molar-refractivity contribution in [3.05, 3.63) is 29.8 Å². The van der Waals surface area contributed by atoms with Crippen molar-refractivity contribution in [3.8, 4) is 0 Å². The van der Waals surface area contributed by atoms with Crippen LogP contribution in [0.5, 0.6) is 0 Å². The number of carboxylic acid groups (broad SMARTS) is 1. The van der Waals surface area contributed by atoms with Gasteiger partial charge in [0.25, 0.3) is 0 Å². The molecule has 0 radical (unpaired) electrons. The van der Waals surface area contributed by atoms with E-state index in [9.17, 15) is 22.0 Å². The highest BCUT2D eigenvalue weighted by Crippen LogP contribution is 2.15. The smallest absolute Gasteiger partial charge is 0.304 e. The fourth-order valence-corrected chi connectivity index (χ4v) is 2.81. The van der Waals surface area contributed by atoms with Crippen molar-refractivity contribution in [3.63, 3.8) is 0 Å². The summed E-state index contributed by atoms with van der Waals surface area (Å²) in [6, 6.07) is 1.04. The van der Waals surface area contributed by atoms with Gasteiger partial charge in [-0.3, -0.25) is 4.79 Å². The van der Waals surface area contributed by atoms with E-state index >= 15 is 0 Å². The molecule has 0 aliphatic heterocycles. The van der Waals surface area contributed by atoms with E-state index in [2.05, 4.69) is 4.72 Å². The molecule has 0 spiro atoms. The van der Waals surface area contributed by atoms with Gasteiger partial charge in [0.2, 0.25) is 10.0 Å². The molecule has 1 rings (SSSR count). The van der Waals surface area contributed by atoms with Gasteiger partial charge in [-0.05, 0) is 18.6 Å². The van der Waals surface area contributed by atoms with Crippen LogP contribution in [-0.4, -0.2) is 25.5 Å². The van der Waals surface area contributed by atoms with Gasteiger partial charge < -0.3 is 5.11 Å². The normalized spacial score (nSPS) is 13.2. The van der Waals surface area contributed by atoms with Gasteiger partial charge in [0.05, 0.1) is 11.3 Å². The summed E-state index contributed by atoms with van der Waals surface area (Å²) in [5, 5.41) is 8.62. The van der Waals surface area contributed by atoms with E-state index in [0.29, 0.717) is 18.2 Å². The Hall–Kier alpha value is -1.54. The predicted octanol–water partition coefficient (Wildman–Crippen LogP) is 1.50. The summed E-state index contributed by atoms with van der Waals surface area (Å²) in [5.41, 5.74) is 0. The zero-order valence-electron chi connectivity index (χ0n) is 10.1. The molecule has 19 heavy (non-hydrogen) atoms. The second-order valence-corrected chi connectivity index (χ2v) is 5.64. The Labute approximate surface area is 109 Å². The lowest BCUT2D eigenvalue weighted by molar-refractivity contribution is -0.137. The number of nitrogens with one attached hydrogen (secondary N) is 1. The Morgan fingerprint density at radius 2 is 1.84 bits per heavy atom. The molecule has 1 unspecified atom stereocenters. The maximum atomic E-state index is 13.0. The first kappa shape index (κ1) is 15.5. The fraction of sp³-hybridized carbons (Fsp3) is 0.364. The first-order valence-electron chi connectivity index (χ1n) is 5.45. The molecule has 0 aliphatic rings. The summed E-state index contributed by atoms with van der Waals surface area (Å²) < 4.78 is 51.7. The third kappa shape index (κ3) is 4.56. The molecule has 106 valence electrons. The van der Waals surface area contributed by atoms with Crippen LogP contribution >= 0.6 is 0 Å². The van der Waals surface area contributed by atoms with Crippen molar-refractivity contribution in [1.29, 1.82) is 0 Å². The van der Waals surface area contributed by atoms with Gasteiger partial charge in [0, 0.05) is 12.1 Å². The monoisotopic (exact) mass is 293 g/mol. The van der Waals surface area contributed by atoms with E-state index < -0.39 is 45.0 Å². The fourth-order valence-electron chi connectivity index (χ4n) is 1.45. The van der Waals surface area contributed by atoms with Crippen LogP contribution < -0.4 is 4.72 Å². The Balaban J connectivity index is 3.00. The van der Waals surface area contributed by atoms with Crippen LogP contribution in [0.2, 0.25) is 0 Å². The molecule has 0 amide bonds. The number of halogens is 2. The Kier molecular flexibility index (Phi) is 4.96. The minimum absolute atomic E-state index is 0.239. The number of aliphatic carboxylic acids is 1. The van der Waals surface area contributed by atoms with Crippen LogP contribution in [-0.2, 0) is 14.8 Å². The molecular weight excluding hydrogens is 280 g/mol. The molecule has 5 nitrogen and oxygen atoms in total. The van der Waals surface area contributed by atoms with Crippen LogP contribution in [0.1, 0.15) is 19.8 Å². The predicted molar refractivity (Wildman–Crippen MR) is 63.0 cm³/mol. The lowest BCUT2D eigenvalue weighted by Crippen LogP contribution is -2.36. The summed E-state index contributed by atoms with van der Waals surface area (Å²) in [7, 11) is -4.16. The largest absolute Gasteiger partial charge is 0.481 e. The van der Waals surface area contributed by atoms with Crippen molar-refractivity contribution in [2.45, 2.75) is 30.7 Å². The van der Waals surface area contributed by atoms with Gasteiger partial charge in [-0.1, -0.05) is 6.92 Å². The van der Waals surface area contributed by atoms with Crippen LogP contribution in [0.3, 0.4) is 0 Å². The van der Waals surface area contributed by atoms with Crippen LogP contribution in [0.15, 0.2) is 23.1 Å². The van der Waals surface area contributed by atoms with Crippen molar-refractivity contribution in [2.24, 2.45) is 0 Å². The van der Waals surface area contributed by atoms with Crippen molar-refractivity contribution < 1.29 is 27.1 Å². The standard InChI is InChI=1S/C11H13F2NO4S/c1-2-9(6-11(15)16)14-19(17,18)10-4-7(12)3-8(13)5-10/h3-5,9,14H,2,6H2,1H3,(H,15,16). The first-order chi connectivity index (χ1) is 8.74. The molecule has 0 heterocycles. The number of sulfonamides is 1. The second kappa shape index (κ2) is 6.07. The number of carbonyl (C=O) groups is 1. The van der Waals surface area contributed by atoms with E-state index in [4.69, 9.17) is 5.11 Å². The molecule has 8 heteroatoms. The molecule has 1 aromatic carbocycles. The van der Waals surface area contributed by atoms with Gasteiger partial charge in [-0.25, -0.2) is 21.9 Å². The van der Waals surface area contributed by atoms with Crippen molar-refractivity contribution >= 4 is 16.0 Å². The van der Waals surface area contributed by atoms with E-state index in [1.807, 2.05) is 0 Å². The highest BCUT2D eigenvalue weighted by Gasteiger charge is 2.22. The van der Waals surface area contributed by atoms with E-state index in [1.165, 1.54) is 0 Å². The van der Waals surface area contributed by atoms with Crippen LogP contribution in [0.4, 0.5) is 8.78 Å². The van der Waals surface area contributed by atoms with Gasteiger partial charge in [-0.2, -0.15) is 0 Å². The SMILES string of the molecule is CCC(CC(=O)O)NS(=O)(=O)c1cc(F)cc(F)c1. The summed E-state index contributed by atoms with van der Waals surface area (Å²) in [6.07, 6.45) is -0.170. The Morgan fingerprint density at radius 3 is 2.26 bits per heavy atom. The molecular formula is C11H13F2NO4S. The van der Waals surface area contributed by atoms with Gasteiger partial charge in [0.1, 0.15) is 11.6 Å². The first-order valence-corrected chi connectivity index (χ1v) is 6.93. The van der Waals surface area contributed by atoms with Gasteiger partial charge in [0.15, 0.2) is 0 Å². The van der Waals surface area contributed by atoms with Crippen LogP contribution in [0.25, 0.3) is 0 Å². The number of hydrogen-bond acceptors (Lipinski definition) is 3. The lowest BCUT2D eigenvalue weighted by atomic mass is 10.2. The molecule has 1 atom stereocenters. The number of carboxylic acids is 1. The lowest BCUT2D eigenvalue weighted by Gasteiger charge is -2.15. The summed E-state index contributed by atoms with van der Waals surface area (Å²) in [4.78, 5) is 9.97. The Morgan fingerprint density at radius 1 is 1.32 bits per heavy atom. The second-order valence-electron chi connectivity index (χ2n) is 3.93. The number of hydrogen-bond donors (Lipinski definition) is 2. The Bertz CT molecular complexity index is 554. The molecule has 0 saturated carbocycles. The zero-order valence-corrected chi connectivity index (χ0v) is 10.9. The minimum atomic E-state index is -4.16. The summed E-state index contributed by atoms with van der Waals surface area (Å²) in [6.45, 7) is 1.60. The summed E-state index contributed by atoms with van der Waals surface area (Å²) in [5.74, 6) is -3.21. The summed E-state index contributed by atoms with van der Waals surface area (Å²) >= 11 is 0. The molecule has 1 aromatic rings. The topological polar surface area (TPSA) is 83.5 Å². The highest BCUT2D eigenvalue weighted by atomic mass is 32.2. The van der Waals surface area contributed by atoms with Crippen LogP contribution in [0, 0.1) is 11.6 Å². The van der Waals surface area contributed by atoms with Crippen molar-refractivity contribution in [1.82, 2.24) is 4.72 Å². The zero-order chi connectivity index (χ0) is 14.6. The average molecular weight is 293 g/mol. The average Bonchev–Trinajstić information content (AvgIpc) is 2.25. The van der Waals surface area contributed by atoms with Gasteiger partial charge >= 0.3 is 5.97 Å². The van der Waals surface area contributed by atoms with E-state index in [0.717, 1.165) is 0 Å².